The lowest BCUT2D eigenvalue weighted by molar-refractivity contribution is 0.598. The Labute approximate surface area is 129 Å². The molecule has 0 radical (unpaired) electrons. The van der Waals surface area contributed by atoms with E-state index in [9.17, 15) is 8.42 Å². The summed E-state index contributed by atoms with van der Waals surface area (Å²) in [4.78, 5) is 8.58. The van der Waals surface area contributed by atoms with Crippen LogP contribution in [0.1, 0.15) is 6.92 Å². The van der Waals surface area contributed by atoms with Gasteiger partial charge < -0.3 is 16.4 Å². The summed E-state index contributed by atoms with van der Waals surface area (Å²) in [6.07, 6.45) is 0. The first-order chi connectivity index (χ1) is 10.3. The first kappa shape index (κ1) is 16.0. The average molecular weight is 322 g/mol. The fraction of sp³-hybridized carbons (Fsp3) is 0.231. The predicted molar refractivity (Wildman–Crippen MR) is 87.0 cm³/mol. The maximum absolute atomic E-state index is 11.5. The zero-order valence-corrected chi connectivity index (χ0v) is 13.1. The molecule has 2 rings (SSSR count). The third kappa shape index (κ3) is 3.43. The minimum Gasteiger partial charge on any atom is -0.398 e. The number of sulfonamides is 1. The van der Waals surface area contributed by atoms with Gasteiger partial charge in [-0.1, -0.05) is 0 Å². The second-order valence-electron chi connectivity index (χ2n) is 4.54. The van der Waals surface area contributed by atoms with E-state index in [0.29, 0.717) is 35.3 Å². The highest BCUT2D eigenvalue weighted by molar-refractivity contribution is 7.89. The Morgan fingerprint density at radius 3 is 2.55 bits per heavy atom. The van der Waals surface area contributed by atoms with Crippen molar-refractivity contribution in [2.45, 2.75) is 11.8 Å². The van der Waals surface area contributed by atoms with Gasteiger partial charge in [0.25, 0.3) is 0 Å². The highest BCUT2D eigenvalue weighted by Crippen LogP contribution is 2.29. The fourth-order valence-electron chi connectivity index (χ4n) is 1.88. The summed E-state index contributed by atoms with van der Waals surface area (Å²) in [7, 11) is -2.09. The highest BCUT2D eigenvalue weighted by atomic mass is 32.2. The van der Waals surface area contributed by atoms with E-state index in [4.69, 9.17) is 10.9 Å². The lowest BCUT2D eigenvalue weighted by atomic mass is 10.1. The van der Waals surface area contributed by atoms with Gasteiger partial charge in [-0.25, -0.2) is 18.5 Å². The van der Waals surface area contributed by atoms with Crippen LogP contribution in [0.4, 0.5) is 17.5 Å². The van der Waals surface area contributed by atoms with E-state index in [1.165, 1.54) is 18.2 Å². The molecule has 0 aliphatic carbocycles. The van der Waals surface area contributed by atoms with Gasteiger partial charge >= 0.3 is 0 Å². The number of rotatable bonds is 5. The van der Waals surface area contributed by atoms with Crippen LogP contribution in [0.15, 0.2) is 29.2 Å². The third-order valence-corrected chi connectivity index (χ3v) is 3.86. The fourth-order valence-corrected chi connectivity index (χ4v) is 2.42. The summed E-state index contributed by atoms with van der Waals surface area (Å²) >= 11 is 0. The number of primary sulfonamides is 1. The van der Waals surface area contributed by atoms with Crippen molar-refractivity contribution in [1.82, 2.24) is 9.97 Å². The van der Waals surface area contributed by atoms with Crippen molar-refractivity contribution >= 4 is 27.5 Å². The lowest BCUT2D eigenvalue weighted by Crippen LogP contribution is -2.12. The molecule has 0 spiro atoms. The topological polar surface area (TPSA) is 136 Å². The molecule has 8 nitrogen and oxygen atoms in total. The van der Waals surface area contributed by atoms with Crippen LogP contribution >= 0.6 is 0 Å². The summed E-state index contributed by atoms with van der Waals surface area (Å²) < 4.78 is 23.0. The van der Waals surface area contributed by atoms with Crippen LogP contribution in [0.3, 0.4) is 0 Å². The number of nitrogen functional groups attached to an aromatic ring is 1. The molecule has 0 fully saturated rings. The van der Waals surface area contributed by atoms with Crippen LogP contribution in [-0.2, 0) is 10.0 Å². The minimum atomic E-state index is -3.82. The molecular weight excluding hydrogens is 304 g/mol. The van der Waals surface area contributed by atoms with Crippen LogP contribution in [0.25, 0.3) is 11.3 Å². The Hall–Kier alpha value is -2.39. The Morgan fingerprint density at radius 1 is 1.23 bits per heavy atom. The maximum atomic E-state index is 11.5. The predicted octanol–water partition coefficient (Wildman–Crippen LogP) is 0.847. The smallest absolute Gasteiger partial charge is 0.238 e. The van der Waals surface area contributed by atoms with Crippen LogP contribution in [0.2, 0.25) is 0 Å². The van der Waals surface area contributed by atoms with Gasteiger partial charge in [-0.3, -0.25) is 0 Å². The number of benzene rings is 1. The molecule has 0 atom stereocenters. The molecule has 0 aliphatic heterocycles. The van der Waals surface area contributed by atoms with Gasteiger partial charge in [-0.05, 0) is 25.1 Å². The van der Waals surface area contributed by atoms with Crippen molar-refractivity contribution < 1.29 is 8.42 Å². The minimum absolute atomic E-state index is 0.0219. The molecule has 9 heteroatoms. The molecule has 0 amide bonds. The number of nitrogens with two attached hydrogens (primary N) is 2. The first-order valence-electron chi connectivity index (χ1n) is 6.58. The summed E-state index contributed by atoms with van der Waals surface area (Å²) in [6, 6.07) is 5.93. The second-order valence-corrected chi connectivity index (χ2v) is 6.10. The Balaban J connectivity index is 2.62. The molecule has 0 bridgehead atoms. The molecule has 0 unspecified atom stereocenters. The van der Waals surface area contributed by atoms with Crippen LogP contribution in [0.5, 0.6) is 0 Å². The zero-order chi connectivity index (χ0) is 16.3. The van der Waals surface area contributed by atoms with E-state index in [1.807, 2.05) is 6.92 Å². The van der Waals surface area contributed by atoms with Crippen molar-refractivity contribution in [2.75, 3.05) is 30.0 Å². The third-order valence-electron chi connectivity index (χ3n) is 2.95. The van der Waals surface area contributed by atoms with Gasteiger partial charge in [0.15, 0.2) is 0 Å². The molecule has 22 heavy (non-hydrogen) atoms. The van der Waals surface area contributed by atoms with Gasteiger partial charge in [-0.15, -0.1) is 0 Å². The Bertz CT molecular complexity index is 791. The Kier molecular flexibility index (Phi) is 4.48. The quantitative estimate of drug-likeness (QED) is 0.599. The molecule has 2 aromatic rings. The average Bonchev–Trinajstić information content (AvgIpc) is 2.46. The molecule has 0 saturated carbocycles. The largest absolute Gasteiger partial charge is 0.398 e. The molecule has 1 aromatic carbocycles. The number of hydrogen-bond donors (Lipinski definition) is 4. The van der Waals surface area contributed by atoms with Crippen LogP contribution in [0, 0.1) is 0 Å². The molecule has 1 aromatic heterocycles. The number of nitrogens with one attached hydrogen (secondary N) is 2. The number of nitrogens with zero attached hydrogens (tertiary/aromatic N) is 2. The van der Waals surface area contributed by atoms with Crippen molar-refractivity contribution in [1.29, 1.82) is 0 Å². The van der Waals surface area contributed by atoms with E-state index in [1.54, 1.807) is 13.1 Å². The summed E-state index contributed by atoms with van der Waals surface area (Å²) in [5, 5.41) is 11.1. The number of hydrogen-bond acceptors (Lipinski definition) is 7. The molecule has 6 N–H and O–H groups in total. The summed E-state index contributed by atoms with van der Waals surface area (Å²) in [6.45, 7) is 2.57. The van der Waals surface area contributed by atoms with Crippen LogP contribution in [-0.4, -0.2) is 32.0 Å². The SMILES string of the molecule is CCNc1nc(NC)cc(-c2cc(S(N)(=O)=O)ccc2N)n1. The summed E-state index contributed by atoms with van der Waals surface area (Å²) in [5.41, 5.74) is 7.32. The molecule has 118 valence electrons. The van der Waals surface area contributed by atoms with Gasteiger partial charge in [0.2, 0.25) is 16.0 Å². The van der Waals surface area contributed by atoms with E-state index in [-0.39, 0.29) is 4.90 Å². The zero-order valence-electron chi connectivity index (χ0n) is 12.3. The standard InChI is InChI=1S/C13H18N6O2S/c1-3-17-13-18-11(7-12(16-2)19-13)9-6-8(22(15,20)21)4-5-10(9)14/h4-7H,3,14H2,1-2H3,(H2,15,20,21)(H2,16,17,18,19). The van der Waals surface area contributed by atoms with Crippen molar-refractivity contribution in [3.8, 4) is 11.3 Å². The first-order valence-corrected chi connectivity index (χ1v) is 8.13. The van der Waals surface area contributed by atoms with Crippen molar-refractivity contribution in [3.63, 3.8) is 0 Å². The second kappa shape index (κ2) is 6.16. The van der Waals surface area contributed by atoms with Gasteiger partial charge in [0.1, 0.15) is 5.82 Å². The van der Waals surface area contributed by atoms with E-state index >= 15 is 0 Å². The lowest BCUT2D eigenvalue weighted by Gasteiger charge is -2.11. The highest BCUT2D eigenvalue weighted by Gasteiger charge is 2.14. The van der Waals surface area contributed by atoms with Gasteiger partial charge in [0, 0.05) is 30.9 Å². The monoisotopic (exact) mass is 322 g/mol. The molecule has 0 aliphatic rings. The molecule has 0 saturated heterocycles. The van der Waals surface area contributed by atoms with Crippen molar-refractivity contribution in [3.05, 3.63) is 24.3 Å². The normalized spacial score (nSPS) is 11.2. The van der Waals surface area contributed by atoms with E-state index in [2.05, 4.69) is 20.6 Å². The van der Waals surface area contributed by atoms with Crippen molar-refractivity contribution in [2.24, 2.45) is 5.14 Å². The van der Waals surface area contributed by atoms with Gasteiger partial charge in [0.05, 0.1) is 10.6 Å². The molecule has 1 heterocycles. The van der Waals surface area contributed by atoms with Gasteiger partial charge in [-0.2, -0.15) is 4.98 Å². The molecular formula is C13H18N6O2S. The Morgan fingerprint density at radius 2 is 1.95 bits per heavy atom. The maximum Gasteiger partial charge on any atom is 0.238 e. The number of anilines is 3. The van der Waals surface area contributed by atoms with E-state index < -0.39 is 10.0 Å². The van der Waals surface area contributed by atoms with E-state index in [0.717, 1.165) is 0 Å². The van der Waals surface area contributed by atoms with Crippen LogP contribution < -0.4 is 21.5 Å². The summed E-state index contributed by atoms with van der Waals surface area (Å²) in [5.74, 6) is 1.01. The number of aromatic nitrogens is 2.